The average Bonchev–Trinajstić information content (AvgIpc) is 3.28. The minimum absolute atomic E-state index is 0.258. The van der Waals surface area contributed by atoms with Crippen molar-refractivity contribution in [2.24, 2.45) is 0 Å². The first-order valence-electron chi connectivity index (χ1n) is 8.56. The summed E-state index contributed by atoms with van der Waals surface area (Å²) in [5.41, 5.74) is 3.21. The Hall–Kier alpha value is -3.04. The number of rotatable bonds is 6. The van der Waals surface area contributed by atoms with Crippen molar-refractivity contribution in [1.82, 2.24) is 25.0 Å². The molecule has 4 rings (SSSR count). The van der Waals surface area contributed by atoms with E-state index in [4.69, 9.17) is 14.4 Å². The Bertz CT molecular complexity index is 947. The Morgan fingerprint density at radius 3 is 2.89 bits per heavy atom. The fourth-order valence-electron chi connectivity index (χ4n) is 3.13. The number of imidazole rings is 1. The number of aromatic carboxylic acids is 1. The largest absolute Gasteiger partial charge is 0.478 e. The number of aromatic nitrogens is 4. The normalized spacial score (nSPS) is 14.3. The van der Waals surface area contributed by atoms with Gasteiger partial charge in [0.05, 0.1) is 23.5 Å². The Labute approximate surface area is 155 Å². The molecule has 2 aromatic heterocycles. The number of ether oxygens (including phenoxy) is 1. The van der Waals surface area contributed by atoms with E-state index in [2.05, 4.69) is 25.0 Å². The van der Waals surface area contributed by atoms with Gasteiger partial charge < -0.3 is 19.4 Å². The van der Waals surface area contributed by atoms with Gasteiger partial charge in [0, 0.05) is 32.2 Å². The Kier molecular flexibility index (Phi) is 4.69. The molecular weight excluding hydrogens is 350 g/mol. The number of fused-ring (bicyclic) bond motifs is 1. The fraction of sp³-hybridized carbons (Fsp3) is 0.333. The third kappa shape index (κ3) is 3.74. The molecule has 0 unspecified atom stereocenters. The maximum absolute atomic E-state index is 11.0. The number of carboxylic acids is 1. The van der Waals surface area contributed by atoms with Crippen LogP contribution in [0.4, 0.5) is 0 Å². The molecule has 27 heavy (non-hydrogen) atoms. The van der Waals surface area contributed by atoms with Crippen LogP contribution in [0.2, 0.25) is 0 Å². The number of hydrogen-bond acceptors (Lipinski definition) is 7. The maximum atomic E-state index is 11.0. The summed E-state index contributed by atoms with van der Waals surface area (Å²) in [6.45, 7) is 2.45. The van der Waals surface area contributed by atoms with Gasteiger partial charge in [-0.2, -0.15) is 4.98 Å². The zero-order valence-corrected chi connectivity index (χ0v) is 14.8. The van der Waals surface area contributed by atoms with Crippen molar-refractivity contribution in [1.29, 1.82) is 0 Å². The van der Waals surface area contributed by atoms with Gasteiger partial charge in [-0.3, -0.25) is 4.90 Å². The van der Waals surface area contributed by atoms with Crippen LogP contribution in [0.25, 0.3) is 11.4 Å². The van der Waals surface area contributed by atoms with E-state index in [1.807, 2.05) is 0 Å². The van der Waals surface area contributed by atoms with Crippen molar-refractivity contribution in [3.63, 3.8) is 0 Å². The molecule has 0 fully saturated rings. The van der Waals surface area contributed by atoms with Crippen molar-refractivity contribution in [2.75, 3.05) is 13.7 Å². The molecule has 0 radical (unpaired) electrons. The topological polar surface area (TPSA) is 117 Å². The summed E-state index contributed by atoms with van der Waals surface area (Å²) >= 11 is 0. The van der Waals surface area contributed by atoms with Crippen LogP contribution in [0.15, 0.2) is 28.8 Å². The Morgan fingerprint density at radius 1 is 1.33 bits per heavy atom. The van der Waals surface area contributed by atoms with Crippen molar-refractivity contribution >= 4 is 5.97 Å². The molecule has 1 aliphatic rings. The van der Waals surface area contributed by atoms with Crippen LogP contribution < -0.4 is 0 Å². The molecular formula is C18H19N5O4. The first kappa shape index (κ1) is 17.4. The van der Waals surface area contributed by atoms with Crippen molar-refractivity contribution in [3.8, 4) is 11.4 Å². The standard InChI is InChI=1S/C18H19N5O4/c1-26-10-15-21-16(27-22-15)9-23-7-6-13-14(8-23)20-17(19-13)11-2-4-12(5-3-11)18(24)25/h2-5H,6-10H2,1H3,(H,19,20)(H,24,25). The molecule has 0 amide bonds. The number of carboxylic acid groups (broad SMARTS) is 1. The molecule has 0 spiro atoms. The van der Waals surface area contributed by atoms with Crippen LogP contribution in [0.1, 0.15) is 33.5 Å². The molecule has 0 saturated carbocycles. The lowest BCUT2D eigenvalue weighted by Crippen LogP contribution is -2.30. The number of benzene rings is 1. The van der Waals surface area contributed by atoms with Gasteiger partial charge in [-0.1, -0.05) is 17.3 Å². The summed E-state index contributed by atoms with van der Waals surface area (Å²) in [7, 11) is 1.59. The number of H-pyrrole nitrogens is 1. The number of nitrogens with one attached hydrogen (secondary N) is 1. The summed E-state index contributed by atoms with van der Waals surface area (Å²) in [6.07, 6.45) is 0.818. The van der Waals surface area contributed by atoms with Gasteiger partial charge in [0.15, 0.2) is 5.82 Å². The van der Waals surface area contributed by atoms with Crippen LogP contribution in [0, 0.1) is 0 Å². The quantitative estimate of drug-likeness (QED) is 0.676. The highest BCUT2D eigenvalue weighted by atomic mass is 16.5. The van der Waals surface area contributed by atoms with Crippen LogP contribution in [-0.4, -0.2) is 49.7 Å². The maximum Gasteiger partial charge on any atom is 0.335 e. The lowest BCUT2D eigenvalue weighted by molar-refractivity contribution is 0.0697. The molecule has 0 aliphatic carbocycles. The monoisotopic (exact) mass is 369 g/mol. The van der Waals surface area contributed by atoms with E-state index in [9.17, 15) is 4.79 Å². The highest BCUT2D eigenvalue weighted by molar-refractivity contribution is 5.88. The van der Waals surface area contributed by atoms with Crippen molar-refractivity contribution in [3.05, 3.63) is 52.9 Å². The predicted molar refractivity (Wildman–Crippen MR) is 93.8 cm³/mol. The minimum Gasteiger partial charge on any atom is -0.478 e. The number of nitrogens with zero attached hydrogens (tertiary/aromatic N) is 4. The molecule has 0 bridgehead atoms. The molecule has 0 atom stereocenters. The van der Waals surface area contributed by atoms with E-state index in [1.165, 1.54) is 0 Å². The first-order valence-corrected chi connectivity index (χ1v) is 8.56. The molecule has 3 heterocycles. The molecule has 9 heteroatoms. The predicted octanol–water partition coefficient (Wildman–Crippen LogP) is 1.86. The second-order valence-electron chi connectivity index (χ2n) is 6.39. The van der Waals surface area contributed by atoms with Gasteiger partial charge in [0.2, 0.25) is 5.89 Å². The van der Waals surface area contributed by atoms with Crippen LogP contribution in [0.5, 0.6) is 0 Å². The molecule has 1 aromatic carbocycles. The lowest BCUT2D eigenvalue weighted by Gasteiger charge is -2.24. The van der Waals surface area contributed by atoms with Gasteiger partial charge in [-0.05, 0) is 12.1 Å². The molecule has 9 nitrogen and oxygen atoms in total. The third-order valence-corrected chi connectivity index (χ3v) is 4.46. The smallest absolute Gasteiger partial charge is 0.335 e. The number of aromatic amines is 1. The molecule has 3 aromatic rings. The van der Waals surface area contributed by atoms with Crippen molar-refractivity contribution < 1.29 is 19.2 Å². The van der Waals surface area contributed by atoms with E-state index in [0.29, 0.717) is 31.4 Å². The van der Waals surface area contributed by atoms with Gasteiger partial charge in [-0.15, -0.1) is 0 Å². The zero-order valence-electron chi connectivity index (χ0n) is 14.8. The summed E-state index contributed by atoms with van der Waals surface area (Å²) in [6, 6.07) is 6.69. The zero-order chi connectivity index (χ0) is 18.8. The van der Waals surface area contributed by atoms with Gasteiger partial charge in [0.25, 0.3) is 0 Å². The van der Waals surface area contributed by atoms with E-state index in [-0.39, 0.29) is 5.56 Å². The minimum atomic E-state index is -0.939. The summed E-state index contributed by atoms with van der Waals surface area (Å²) in [5, 5.41) is 12.9. The van der Waals surface area contributed by atoms with E-state index >= 15 is 0 Å². The first-order chi connectivity index (χ1) is 13.1. The molecule has 140 valence electrons. The van der Waals surface area contributed by atoms with Gasteiger partial charge >= 0.3 is 5.97 Å². The average molecular weight is 369 g/mol. The number of methoxy groups -OCH3 is 1. The lowest BCUT2D eigenvalue weighted by atomic mass is 10.1. The van der Waals surface area contributed by atoms with Gasteiger partial charge in [-0.25, -0.2) is 9.78 Å². The number of hydrogen-bond donors (Lipinski definition) is 2. The van der Waals surface area contributed by atoms with Crippen LogP contribution in [-0.2, 0) is 30.9 Å². The number of carbonyl (C=O) groups is 1. The van der Waals surface area contributed by atoms with E-state index in [0.717, 1.165) is 35.7 Å². The second kappa shape index (κ2) is 7.29. The second-order valence-corrected chi connectivity index (χ2v) is 6.39. The third-order valence-electron chi connectivity index (χ3n) is 4.46. The SMILES string of the molecule is COCc1noc(CN2CCc3nc(-c4ccc(C(=O)O)cc4)[nH]c3C2)n1. The van der Waals surface area contributed by atoms with Crippen molar-refractivity contribution in [2.45, 2.75) is 26.1 Å². The summed E-state index contributed by atoms with van der Waals surface area (Å²) in [5.74, 6) is 0.915. The van der Waals surface area contributed by atoms with Crippen LogP contribution in [0.3, 0.4) is 0 Å². The van der Waals surface area contributed by atoms with E-state index < -0.39 is 5.97 Å². The molecule has 0 saturated heterocycles. The highest BCUT2D eigenvalue weighted by Gasteiger charge is 2.22. The Morgan fingerprint density at radius 2 is 2.15 bits per heavy atom. The Balaban J connectivity index is 1.46. The molecule has 2 N–H and O–H groups in total. The van der Waals surface area contributed by atoms with Crippen LogP contribution >= 0.6 is 0 Å². The highest BCUT2D eigenvalue weighted by Crippen LogP contribution is 2.24. The van der Waals surface area contributed by atoms with Gasteiger partial charge in [0.1, 0.15) is 12.4 Å². The molecule has 1 aliphatic heterocycles. The fourth-order valence-corrected chi connectivity index (χ4v) is 3.13. The summed E-state index contributed by atoms with van der Waals surface area (Å²) < 4.78 is 10.3. The van der Waals surface area contributed by atoms with E-state index in [1.54, 1.807) is 31.4 Å². The summed E-state index contributed by atoms with van der Waals surface area (Å²) in [4.78, 5) is 25.5.